The summed E-state index contributed by atoms with van der Waals surface area (Å²) < 4.78 is 0. The minimum absolute atomic E-state index is 0.403. The predicted molar refractivity (Wildman–Crippen MR) is 47.7 cm³/mol. The van der Waals surface area contributed by atoms with E-state index in [1.165, 1.54) is 0 Å². The number of carboxylic acids is 1. The molecule has 0 amide bonds. The van der Waals surface area contributed by atoms with Gasteiger partial charge in [0.05, 0.1) is 5.92 Å². The third-order valence-electron chi connectivity index (χ3n) is 2.14. The maximum atomic E-state index is 10.5. The smallest absolute Gasteiger partial charge is 0.314 e. The molecule has 66 valence electrons. The van der Waals surface area contributed by atoms with E-state index < -0.39 is 11.9 Å². The standard InChI is InChI=1S/C10H14O2/c1-7(2)8-3-5-9(6-4-8)10(11)12/h3-9H,1-2H3,(H,11,12). The molecule has 2 heteroatoms. The highest BCUT2D eigenvalue weighted by molar-refractivity contribution is 5.74. The zero-order chi connectivity index (χ0) is 9.14. The van der Waals surface area contributed by atoms with Crippen LogP contribution in [0.1, 0.15) is 13.8 Å². The Morgan fingerprint density at radius 3 is 2.08 bits per heavy atom. The average Bonchev–Trinajstić information content (AvgIpc) is 2.04. The van der Waals surface area contributed by atoms with Gasteiger partial charge < -0.3 is 5.11 Å². The minimum Gasteiger partial charge on any atom is -0.481 e. The molecule has 1 N–H and O–H groups in total. The molecule has 0 saturated heterocycles. The Labute approximate surface area is 72.6 Å². The molecule has 0 aromatic carbocycles. The van der Waals surface area contributed by atoms with Crippen molar-refractivity contribution in [2.75, 3.05) is 0 Å². The van der Waals surface area contributed by atoms with Gasteiger partial charge in [-0.2, -0.15) is 0 Å². The van der Waals surface area contributed by atoms with Gasteiger partial charge in [-0.15, -0.1) is 0 Å². The number of hydrogen-bond acceptors (Lipinski definition) is 1. The van der Waals surface area contributed by atoms with Crippen molar-refractivity contribution in [3.05, 3.63) is 24.3 Å². The third-order valence-corrected chi connectivity index (χ3v) is 2.14. The number of aliphatic carboxylic acids is 1. The number of carboxylic acid groups (broad SMARTS) is 1. The summed E-state index contributed by atoms with van der Waals surface area (Å²) >= 11 is 0. The normalized spacial score (nSPS) is 27.9. The lowest BCUT2D eigenvalue weighted by atomic mass is 9.88. The van der Waals surface area contributed by atoms with E-state index in [0.29, 0.717) is 11.8 Å². The molecule has 1 rings (SSSR count). The Morgan fingerprint density at radius 1 is 1.25 bits per heavy atom. The summed E-state index contributed by atoms with van der Waals surface area (Å²) in [5, 5.41) is 8.66. The molecule has 0 bridgehead atoms. The highest BCUT2D eigenvalue weighted by atomic mass is 16.4. The van der Waals surface area contributed by atoms with E-state index in [-0.39, 0.29) is 0 Å². The predicted octanol–water partition coefficient (Wildman–Crippen LogP) is 2.09. The lowest BCUT2D eigenvalue weighted by Gasteiger charge is -2.17. The number of carbonyl (C=O) groups is 1. The van der Waals surface area contributed by atoms with E-state index in [2.05, 4.69) is 13.8 Å². The second-order valence-electron chi connectivity index (χ2n) is 3.46. The van der Waals surface area contributed by atoms with Crippen LogP contribution in [0.4, 0.5) is 0 Å². The summed E-state index contributed by atoms with van der Waals surface area (Å²) in [4.78, 5) is 10.5. The molecule has 0 saturated carbocycles. The number of allylic oxidation sites excluding steroid dienone is 2. The fourth-order valence-electron chi connectivity index (χ4n) is 1.23. The molecule has 0 heterocycles. The maximum Gasteiger partial charge on any atom is 0.314 e. The minimum atomic E-state index is -0.773. The van der Waals surface area contributed by atoms with Gasteiger partial charge in [-0.25, -0.2) is 0 Å². The van der Waals surface area contributed by atoms with E-state index >= 15 is 0 Å². The topological polar surface area (TPSA) is 37.3 Å². The molecule has 0 atom stereocenters. The van der Waals surface area contributed by atoms with Crippen molar-refractivity contribution in [3.8, 4) is 0 Å². The van der Waals surface area contributed by atoms with E-state index in [4.69, 9.17) is 5.11 Å². The molecule has 0 aliphatic heterocycles. The SMILES string of the molecule is CC(C)C1C=CC(C(=O)O)C=C1. The van der Waals surface area contributed by atoms with Crippen LogP contribution in [-0.4, -0.2) is 11.1 Å². The lowest BCUT2D eigenvalue weighted by Crippen LogP contribution is -2.14. The van der Waals surface area contributed by atoms with Crippen molar-refractivity contribution in [1.29, 1.82) is 0 Å². The summed E-state index contributed by atoms with van der Waals surface area (Å²) in [6.07, 6.45) is 7.47. The van der Waals surface area contributed by atoms with Crippen molar-refractivity contribution < 1.29 is 9.90 Å². The summed E-state index contributed by atoms with van der Waals surface area (Å²) in [5.74, 6) is -0.238. The Balaban J connectivity index is 2.60. The molecule has 0 aromatic heterocycles. The Hall–Kier alpha value is -1.05. The molecule has 12 heavy (non-hydrogen) atoms. The average molecular weight is 166 g/mol. The molecule has 0 radical (unpaired) electrons. The van der Waals surface area contributed by atoms with E-state index in [9.17, 15) is 4.79 Å². The second kappa shape index (κ2) is 3.57. The summed E-state index contributed by atoms with van der Waals surface area (Å²) in [7, 11) is 0. The van der Waals surface area contributed by atoms with Crippen LogP contribution < -0.4 is 0 Å². The third kappa shape index (κ3) is 1.97. The van der Waals surface area contributed by atoms with Crippen molar-refractivity contribution in [2.45, 2.75) is 13.8 Å². The quantitative estimate of drug-likeness (QED) is 0.638. The van der Waals surface area contributed by atoms with Gasteiger partial charge in [0.25, 0.3) is 0 Å². The van der Waals surface area contributed by atoms with E-state index in [0.717, 1.165) is 0 Å². The van der Waals surface area contributed by atoms with Crippen molar-refractivity contribution in [3.63, 3.8) is 0 Å². The number of hydrogen-bond donors (Lipinski definition) is 1. The van der Waals surface area contributed by atoms with Gasteiger partial charge in [0, 0.05) is 0 Å². The Morgan fingerprint density at radius 2 is 1.75 bits per heavy atom. The molecule has 2 nitrogen and oxygen atoms in total. The summed E-state index contributed by atoms with van der Waals surface area (Å²) in [6, 6.07) is 0. The molecule has 0 aromatic rings. The molecule has 0 spiro atoms. The van der Waals surface area contributed by atoms with Crippen LogP contribution in [0.2, 0.25) is 0 Å². The van der Waals surface area contributed by atoms with Crippen molar-refractivity contribution in [1.82, 2.24) is 0 Å². The molecule has 0 unspecified atom stereocenters. The van der Waals surface area contributed by atoms with Crippen LogP contribution in [0.15, 0.2) is 24.3 Å². The van der Waals surface area contributed by atoms with Crippen molar-refractivity contribution >= 4 is 5.97 Å². The van der Waals surface area contributed by atoms with Crippen LogP contribution in [0.3, 0.4) is 0 Å². The zero-order valence-electron chi connectivity index (χ0n) is 7.40. The largest absolute Gasteiger partial charge is 0.481 e. The Bertz CT molecular complexity index is 212. The summed E-state index contributed by atoms with van der Waals surface area (Å²) in [6.45, 7) is 4.25. The van der Waals surface area contributed by atoms with Gasteiger partial charge in [0.1, 0.15) is 0 Å². The van der Waals surface area contributed by atoms with Crippen LogP contribution >= 0.6 is 0 Å². The number of rotatable bonds is 2. The molecular formula is C10H14O2. The first kappa shape index (κ1) is 9.04. The monoisotopic (exact) mass is 166 g/mol. The van der Waals surface area contributed by atoms with Gasteiger partial charge in [-0.3, -0.25) is 4.79 Å². The van der Waals surface area contributed by atoms with E-state index in [1.807, 2.05) is 12.2 Å². The van der Waals surface area contributed by atoms with Crippen LogP contribution in [-0.2, 0) is 4.79 Å². The van der Waals surface area contributed by atoms with Gasteiger partial charge in [0.15, 0.2) is 0 Å². The van der Waals surface area contributed by atoms with Gasteiger partial charge in [0.2, 0.25) is 0 Å². The first-order valence-electron chi connectivity index (χ1n) is 4.20. The van der Waals surface area contributed by atoms with Crippen molar-refractivity contribution in [2.24, 2.45) is 17.8 Å². The fraction of sp³-hybridized carbons (Fsp3) is 0.500. The second-order valence-corrected chi connectivity index (χ2v) is 3.46. The lowest BCUT2D eigenvalue weighted by molar-refractivity contribution is -0.138. The maximum absolute atomic E-state index is 10.5. The molecule has 0 fully saturated rings. The van der Waals surface area contributed by atoms with Crippen LogP contribution in [0.5, 0.6) is 0 Å². The van der Waals surface area contributed by atoms with E-state index in [1.54, 1.807) is 12.2 Å². The highest BCUT2D eigenvalue weighted by Crippen LogP contribution is 2.20. The van der Waals surface area contributed by atoms with Gasteiger partial charge in [-0.1, -0.05) is 38.2 Å². The first-order chi connectivity index (χ1) is 5.61. The van der Waals surface area contributed by atoms with Gasteiger partial charge in [-0.05, 0) is 11.8 Å². The molecule has 1 aliphatic rings. The fourth-order valence-corrected chi connectivity index (χ4v) is 1.23. The van der Waals surface area contributed by atoms with Crippen LogP contribution in [0, 0.1) is 17.8 Å². The van der Waals surface area contributed by atoms with Crippen LogP contribution in [0.25, 0.3) is 0 Å². The molecular weight excluding hydrogens is 152 g/mol. The highest BCUT2D eigenvalue weighted by Gasteiger charge is 2.16. The molecule has 1 aliphatic carbocycles. The Kier molecular flexibility index (Phi) is 2.69. The first-order valence-corrected chi connectivity index (χ1v) is 4.20. The van der Waals surface area contributed by atoms with Gasteiger partial charge >= 0.3 is 5.97 Å². The zero-order valence-corrected chi connectivity index (χ0v) is 7.40. The summed E-state index contributed by atoms with van der Waals surface area (Å²) in [5.41, 5.74) is 0.